The molecule has 0 aliphatic rings. The number of nitrogens with zero attached hydrogens (tertiary/aromatic N) is 6. The monoisotopic (exact) mass is 428 g/mol. The highest BCUT2D eigenvalue weighted by Crippen LogP contribution is 2.17. The van der Waals surface area contributed by atoms with E-state index in [-0.39, 0.29) is 0 Å². The zero-order chi connectivity index (χ0) is 22.5. The highest BCUT2D eigenvalue weighted by Gasteiger charge is 2.09. The second-order valence-corrected chi connectivity index (χ2v) is 7.62. The molecule has 0 bridgehead atoms. The molecule has 0 amide bonds. The summed E-state index contributed by atoms with van der Waals surface area (Å²) in [5.74, 6) is 2.49. The van der Waals surface area contributed by atoms with Crippen molar-refractivity contribution in [3.05, 3.63) is 89.4 Å². The number of nitrogens with one attached hydrogen (secondary N) is 2. The van der Waals surface area contributed by atoms with E-state index in [2.05, 4.69) is 61.9 Å². The zero-order valence-electron chi connectivity index (χ0n) is 18.9. The van der Waals surface area contributed by atoms with Gasteiger partial charge in [-0.15, -0.1) is 0 Å². The Hall–Kier alpha value is -3.94. The predicted octanol–water partition coefficient (Wildman–Crippen LogP) is 3.24. The smallest absolute Gasteiger partial charge is 0.191 e. The Bertz CT molecular complexity index is 1220. The molecule has 0 radical (unpaired) electrons. The van der Waals surface area contributed by atoms with Gasteiger partial charge in [-0.05, 0) is 50.1 Å². The first-order valence-corrected chi connectivity index (χ1v) is 10.6. The molecule has 3 heterocycles. The van der Waals surface area contributed by atoms with Crippen LogP contribution < -0.4 is 10.6 Å². The summed E-state index contributed by atoms with van der Waals surface area (Å²) in [6.45, 7) is 7.28. The van der Waals surface area contributed by atoms with Crippen molar-refractivity contribution in [3.8, 4) is 11.5 Å². The van der Waals surface area contributed by atoms with Gasteiger partial charge in [0.1, 0.15) is 11.6 Å². The third-order valence-electron chi connectivity index (χ3n) is 5.24. The molecule has 8 nitrogen and oxygen atoms in total. The van der Waals surface area contributed by atoms with Crippen LogP contribution in [0.2, 0.25) is 0 Å². The number of hydrogen-bond acceptors (Lipinski definition) is 4. The van der Waals surface area contributed by atoms with Crippen LogP contribution >= 0.6 is 0 Å². The summed E-state index contributed by atoms with van der Waals surface area (Å²) in [5.41, 5.74) is 5.39. The molecule has 8 heteroatoms. The van der Waals surface area contributed by atoms with Crippen LogP contribution in [0, 0.1) is 20.8 Å². The van der Waals surface area contributed by atoms with Gasteiger partial charge in [0, 0.05) is 44.4 Å². The Morgan fingerprint density at radius 1 is 1.00 bits per heavy atom. The van der Waals surface area contributed by atoms with Crippen LogP contribution in [0.1, 0.15) is 28.3 Å². The maximum Gasteiger partial charge on any atom is 0.191 e. The Labute approximate surface area is 188 Å². The van der Waals surface area contributed by atoms with Crippen LogP contribution in [0.25, 0.3) is 11.5 Å². The number of aromatic nitrogens is 5. The van der Waals surface area contributed by atoms with Gasteiger partial charge >= 0.3 is 0 Å². The molecule has 0 unspecified atom stereocenters. The van der Waals surface area contributed by atoms with Crippen molar-refractivity contribution in [3.63, 3.8) is 0 Å². The fraction of sp³-hybridized carbons (Fsp3) is 0.250. The fourth-order valence-electron chi connectivity index (χ4n) is 3.61. The summed E-state index contributed by atoms with van der Waals surface area (Å²) >= 11 is 0. The SMILES string of the molecule is CN=C(NCc1ccc(-n2ccnc2C)nc1)NCc1ccccc1-n1nc(C)cc1C. The van der Waals surface area contributed by atoms with Gasteiger partial charge in [0.15, 0.2) is 5.96 Å². The number of benzene rings is 1. The van der Waals surface area contributed by atoms with Gasteiger partial charge in [0.2, 0.25) is 0 Å². The van der Waals surface area contributed by atoms with Gasteiger partial charge in [-0.2, -0.15) is 5.10 Å². The summed E-state index contributed by atoms with van der Waals surface area (Å²) in [7, 11) is 1.77. The summed E-state index contributed by atoms with van der Waals surface area (Å²) in [6.07, 6.45) is 5.55. The third kappa shape index (κ3) is 4.69. The maximum atomic E-state index is 4.63. The first-order valence-electron chi connectivity index (χ1n) is 10.6. The first-order chi connectivity index (χ1) is 15.5. The van der Waals surface area contributed by atoms with E-state index in [9.17, 15) is 0 Å². The second kappa shape index (κ2) is 9.47. The minimum absolute atomic E-state index is 0.620. The lowest BCUT2D eigenvalue weighted by Gasteiger charge is -2.15. The molecular formula is C24H28N8. The molecule has 164 valence electrons. The molecule has 1 aromatic carbocycles. The van der Waals surface area contributed by atoms with Crippen LogP contribution in [-0.2, 0) is 13.1 Å². The summed E-state index contributed by atoms with van der Waals surface area (Å²) in [4.78, 5) is 13.1. The van der Waals surface area contributed by atoms with E-state index in [1.54, 1.807) is 13.2 Å². The number of aryl methyl sites for hydroxylation is 3. The van der Waals surface area contributed by atoms with Crippen molar-refractivity contribution in [2.75, 3.05) is 7.05 Å². The molecule has 0 saturated carbocycles. The van der Waals surface area contributed by atoms with Gasteiger partial charge in [0.05, 0.1) is 11.4 Å². The van der Waals surface area contributed by atoms with E-state index < -0.39 is 0 Å². The number of hydrogen-bond donors (Lipinski definition) is 2. The molecule has 3 aromatic heterocycles. The number of aliphatic imine (C=N–C) groups is 1. The minimum Gasteiger partial charge on any atom is -0.352 e. The molecule has 0 aliphatic heterocycles. The molecular weight excluding hydrogens is 400 g/mol. The molecule has 2 N–H and O–H groups in total. The molecule has 0 aliphatic carbocycles. The Balaban J connectivity index is 1.38. The van der Waals surface area contributed by atoms with Gasteiger partial charge in [-0.3, -0.25) is 9.56 Å². The van der Waals surface area contributed by atoms with E-state index in [0.29, 0.717) is 13.1 Å². The lowest BCUT2D eigenvalue weighted by Crippen LogP contribution is -2.36. The molecule has 0 spiro atoms. The molecule has 4 aromatic rings. The van der Waals surface area contributed by atoms with Crippen molar-refractivity contribution < 1.29 is 0 Å². The van der Waals surface area contributed by atoms with Crippen LogP contribution in [0.3, 0.4) is 0 Å². The molecule has 4 rings (SSSR count). The Kier molecular flexibility index (Phi) is 6.30. The van der Waals surface area contributed by atoms with Gasteiger partial charge in [-0.1, -0.05) is 24.3 Å². The van der Waals surface area contributed by atoms with E-state index in [4.69, 9.17) is 0 Å². The summed E-state index contributed by atoms with van der Waals surface area (Å²) in [5, 5.41) is 11.4. The summed E-state index contributed by atoms with van der Waals surface area (Å²) < 4.78 is 3.94. The Morgan fingerprint density at radius 3 is 2.47 bits per heavy atom. The number of rotatable bonds is 6. The van der Waals surface area contributed by atoms with Gasteiger partial charge < -0.3 is 10.6 Å². The van der Waals surface area contributed by atoms with Crippen molar-refractivity contribution in [1.82, 2.24) is 34.9 Å². The van der Waals surface area contributed by atoms with Gasteiger partial charge in [-0.25, -0.2) is 14.6 Å². The molecule has 0 fully saturated rings. The minimum atomic E-state index is 0.620. The second-order valence-electron chi connectivity index (χ2n) is 7.62. The van der Waals surface area contributed by atoms with Crippen molar-refractivity contribution in [1.29, 1.82) is 0 Å². The number of imidazole rings is 1. The average molecular weight is 429 g/mol. The molecule has 0 saturated heterocycles. The third-order valence-corrected chi connectivity index (χ3v) is 5.24. The van der Waals surface area contributed by atoms with E-state index in [1.807, 2.05) is 53.7 Å². The number of pyridine rings is 1. The Morgan fingerprint density at radius 2 is 1.81 bits per heavy atom. The average Bonchev–Trinajstić information content (AvgIpc) is 3.38. The number of guanidine groups is 1. The highest BCUT2D eigenvalue weighted by atomic mass is 15.3. The predicted molar refractivity (Wildman–Crippen MR) is 126 cm³/mol. The maximum absolute atomic E-state index is 4.63. The lowest BCUT2D eigenvalue weighted by atomic mass is 10.1. The van der Waals surface area contributed by atoms with Crippen molar-refractivity contribution in [2.45, 2.75) is 33.9 Å². The topological polar surface area (TPSA) is 85.0 Å². The zero-order valence-corrected chi connectivity index (χ0v) is 18.9. The largest absolute Gasteiger partial charge is 0.352 e. The van der Waals surface area contributed by atoms with Crippen LogP contribution in [0.4, 0.5) is 0 Å². The molecule has 0 atom stereocenters. The normalized spacial score (nSPS) is 11.6. The van der Waals surface area contributed by atoms with Crippen LogP contribution in [0.5, 0.6) is 0 Å². The van der Waals surface area contributed by atoms with Crippen molar-refractivity contribution in [2.24, 2.45) is 4.99 Å². The van der Waals surface area contributed by atoms with Gasteiger partial charge in [0.25, 0.3) is 0 Å². The van der Waals surface area contributed by atoms with E-state index >= 15 is 0 Å². The van der Waals surface area contributed by atoms with Crippen LogP contribution in [-0.4, -0.2) is 37.3 Å². The van der Waals surface area contributed by atoms with E-state index in [1.165, 1.54) is 0 Å². The fourth-order valence-corrected chi connectivity index (χ4v) is 3.61. The quantitative estimate of drug-likeness (QED) is 0.364. The summed E-state index contributed by atoms with van der Waals surface area (Å²) in [6, 6.07) is 14.4. The van der Waals surface area contributed by atoms with Crippen molar-refractivity contribution >= 4 is 5.96 Å². The van der Waals surface area contributed by atoms with Crippen LogP contribution in [0.15, 0.2) is 66.0 Å². The highest BCUT2D eigenvalue weighted by molar-refractivity contribution is 5.79. The lowest BCUT2D eigenvalue weighted by molar-refractivity contribution is 0.779. The number of para-hydroxylation sites is 1. The van der Waals surface area contributed by atoms with E-state index in [0.717, 1.165) is 45.8 Å². The molecule has 32 heavy (non-hydrogen) atoms. The standard InChI is InChI=1S/C24H28N8/c1-17-13-18(2)32(30-17)22-8-6-5-7-21(22)16-29-24(25-4)28-15-20-9-10-23(27-14-20)31-12-11-26-19(31)3/h5-14H,15-16H2,1-4H3,(H2,25,28,29). The first kappa shape index (κ1) is 21.3.